The van der Waals surface area contributed by atoms with E-state index in [4.69, 9.17) is 27.9 Å². The number of para-hydroxylation sites is 1. The minimum Gasteiger partial charge on any atom is -0.378 e. The van der Waals surface area contributed by atoms with Gasteiger partial charge < -0.3 is 19.5 Å². The van der Waals surface area contributed by atoms with Crippen LogP contribution < -0.4 is 5.32 Å². The van der Waals surface area contributed by atoms with Gasteiger partial charge in [0.05, 0.1) is 40.0 Å². The van der Waals surface area contributed by atoms with Crippen LogP contribution in [-0.2, 0) is 22.3 Å². The fraction of sp³-hybridized carbons (Fsp3) is 0.273. The summed E-state index contributed by atoms with van der Waals surface area (Å²) in [6.07, 6.45) is -4.42. The van der Waals surface area contributed by atoms with E-state index in [1.807, 2.05) is 0 Å². The molecular formula is C22H17Cl2F3N4O4. The second-order valence-corrected chi connectivity index (χ2v) is 8.37. The van der Waals surface area contributed by atoms with Gasteiger partial charge in [-0.15, -0.1) is 0 Å². The third kappa shape index (κ3) is 4.97. The highest BCUT2D eigenvalue weighted by Gasteiger charge is 2.39. The number of morpholine rings is 1. The molecule has 2 amide bonds. The number of ether oxygens (including phenoxy) is 1. The first-order valence-corrected chi connectivity index (χ1v) is 11.0. The molecule has 4 rings (SSSR count). The Morgan fingerprint density at radius 3 is 2.51 bits per heavy atom. The third-order valence-corrected chi connectivity index (χ3v) is 6.13. The Morgan fingerprint density at radius 1 is 1.14 bits per heavy atom. The largest absolute Gasteiger partial charge is 0.449 e. The van der Waals surface area contributed by atoms with Gasteiger partial charge in [0, 0.05) is 18.7 Å². The molecule has 0 radical (unpaired) electrons. The van der Waals surface area contributed by atoms with E-state index in [0.717, 1.165) is 4.57 Å². The average molecular weight is 529 g/mol. The van der Waals surface area contributed by atoms with Crippen LogP contribution in [0.25, 0.3) is 11.0 Å². The van der Waals surface area contributed by atoms with Crippen LogP contribution in [0.1, 0.15) is 26.5 Å². The van der Waals surface area contributed by atoms with Crippen molar-refractivity contribution < 1.29 is 32.3 Å². The molecule has 1 aromatic heterocycles. The number of hydrogen-bond acceptors (Lipinski definition) is 5. The number of imidazole rings is 1. The number of aromatic nitrogens is 2. The number of nitrogens with zero attached hydrogens (tertiary/aromatic N) is 3. The van der Waals surface area contributed by atoms with Crippen LogP contribution in [0.15, 0.2) is 30.3 Å². The molecule has 0 spiro atoms. The first-order chi connectivity index (χ1) is 16.6. The Hall–Kier alpha value is -3.15. The predicted octanol–water partition coefficient (Wildman–Crippen LogP) is 4.29. The summed E-state index contributed by atoms with van der Waals surface area (Å²) in [5.74, 6) is -2.64. The molecule has 184 valence electrons. The number of benzene rings is 2. The molecule has 1 aliphatic rings. The molecule has 0 aliphatic carbocycles. The number of nitrogens with one attached hydrogen (secondary N) is 1. The highest BCUT2D eigenvalue weighted by atomic mass is 35.5. The van der Waals surface area contributed by atoms with Crippen LogP contribution in [0.2, 0.25) is 10.0 Å². The minimum atomic E-state index is -4.86. The first kappa shape index (κ1) is 25.0. The lowest BCUT2D eigenvalue weighted by molar-refractivity contribution is -0.148. The van der Waals surface area contributed by atoms with Crippen LogP contribution in [0.4, 0.5) is 18.9 Å². The summed E-state index contributed by atoms with van der Waals surface area (Å²) in [4.78, 5) is 41.9. The fourth-order valence-corrected chi connectivity index (χ4v) is 4.31. The van der Waals surface area contributed by atoms with Crippen molar-refractivity contribution in [3.63, 3.8) is 0 Å². The number of rotatable bonds is 5. The highest BCUT2D eigenvalue weighted by molar-refractivity contribution is 6.41. The van der Waals surface area contributed by atoms with E-state index in [1.165, 1.54) is 35.2 Å². The number of carbonyl (C=O) groups excluding carboxylic acids is 3. The molecule has 3 aromatic rings. The van der Waals surface area contributed by atoms with Gasteiger partial charge in [-0.1, -0.05) is 29.3 Å². The molecule has 0 bridgehead atoms. The van der Waals surface area contributed by atoms with Gasteiger partial charge in [0.15, 0.2) is 6.29 Å². The maximum atomic E-state index is 13.8. The second kappa shape index (κ2) is 9.84. The number of amides is 2. The molecule has 2 aromatic carbocycles. The zero-order valence-corrected chi connectivity index (χ0v) is 19.4. The summed E-state index contributed by atoms with van der Waals surface area (Å²) < 4.78 is 47.5. The number of alkyl halides is 3. The van der Waals surface area contributed by atoms with Gasteiger partial charge in [0.25, 0.3) is 5.91 Å². The summed E-state index contributed by atoms with van der Waals surface area (Å²) in [7, 11) is 0. The van der Waals surface area contributed by atoms with Crippen LogP contribution in [0.3, 0.4) is 0 Å². The lowest BCUT2D eigenvalue weighted by Gasteiger charge is -2.27. The molecule has 0 unspecified atom stereocenters. The van der Waals surface area contributed by atoms with Crippen molar-refractivity contribution in [1.82, 2.24) is 14.5 Å². The summed E-state index contributed by atoms with van der Waals surface area (Å²) in [6, 6.07) is 6.78. The standard InChI is InChI=1S/C22H17Cl2F3N4O4/c23-13-5-4-12(11-32)18(24)17(13)20(34)28-14-2-1-3-15-19(14)29-21(22(25,26)27)31(15)10-16(33)30-6-8-35-9-7-30/h1-5,11H,6-10H2,(H,28,34). The molecule has 2 heterocycles. The van der Waals surface area contributed by atoms with Crippen LogP contribution in [0, 0.1) is 0 Å². The smallest absolute Gasteiger partial charge is 0.378 e. The van der Waals surface area contributed by atoms with Gasteiger partial charge in [0.1, 0.15) is 12.1 Å². The van der Waals surface area contributed by atoms with E-state index in [-0.39, 0.29) is 51.0 Å². The number of carbonyl (C=O) groups is 3. The van der Waals surface area contributed by atoms with Crippen molar-refractivity contribution in [3.05, 3.63) is 57.3 Å². The number of anilines is 1. The van der Waals surface area contributed by atoms with Crippen LogP contribution in [-0.4, -0.2) is 58.9 Å². The van der Waals surface area contributed by atoms with Crippen LogP contribution in [0.5, 0.6) is 0 Å². The molecule has 0 atom stereocenters. The maximum absolute atomic E-state index is 13.8. The Bertz CT molecular complexity index is 1320. The van der Waals surface area contributed by atoms with Gasteiger partial charge in [-0.2, -0.15) is 13.2 Å². The molecule has 1 N–H and O–H groups in total. The van der Waals surface area contributed by atoms with Crippen molar-refractivity contribution >= 4 is 58.0 Å². The number of hydrogen-bond donors (Lipinski definition) is 1. The summed E-state index contributed by atoms with van der Waals surface area (Å²) in [6.45, 7) is 0.553. The van der Waals surface area contributed by atoms with E-state index < -0.39 is 30.4 Å². The Kier molecular flexibility index (Phi) is 7.02. The first-order valence-electron chi connectivity index (χ1n) is 10.3. The minimum absolute atomic E-state index is 0.00410. The molecule has 0 saturated carbocycles. The van der Waals surface area contributed by atoms with Gasteiger partial charge in [-0.3, -0.25) is 14.4 Å². The van der Waals surface area contributed by atoms with Crippen molar-refractivity contribution in [1.29, 1.82) is 0 Å². The zero-order valence-electron chi connectivity index (χ0n) is 17.9. The van der Waals surface area contributed by atoms with E-state index in [0.29, 0.717) is 19.5 Å². The SMILES string of the molecule is O=Cc1ccc(Cl)c(C(=O)Nc2cccc3c2nc(C(F)(F)F)n3CC(=O)N2CCOCC2)c1Cl. The van der Waals surface area contributed by atoms with Gasteiger partial charge in [-0.05, 0) is 24.3 Å². The predicted molar refractivity (Wildman–Crippen MR) is 122 cm³/mol. The molecule has 35 heavy (non-hydrogen) atoms. The summed E-state index contributed by atoms with van der Waals surface area (Å²) >= 11 is 12.2. The highest BCUT2D eigenvalue weighted by Crippen LogP contribution is 2.35. The monoisotopic (exact) mass is 528 g/mol. The van der Waals surface area contributed by atoms with E-state index in [1.54, 1.807) is 0 Å². The Labute approximate surface area is 206 Å². The fourth-order valence-electron chi connectivity index (χ4n) is 3.72. The second-order valence-electron chi connectivity index (χ2n) is 7.58. The summed E-state index contributed by atoms with van der Waals surface area (Å²) in [5.41, 5.74) is -0.436. The van der Waals surface area contributed by atoms with E-state index in [2.05, 4.69) is 10.3 Å². The van der Waals surface area contributed by atoms with Crippen LogP contribution >= 0.6 is 23.2 Å². The number of fused-ring (bicyclic) bond motifs is 1. The van der Waals surface area contributed by atoms with Gasteiger partial charge in [0.2, 0.25) is 11.7 Å². The maximum Gasteiger partial charge on any atom is 0.449 e. The summed E-state index contributed by atoms with van der Waals surface area (Å²) in [5, 5.41) is 2.21. The number of halogens is 5. The molecule has 1 saturated heterocycles. The lowest BCUT2D eigenvalue weighted by Crippen LogP contribution is -2.42. The topological polar surface area (TPSA) is 93.5 Å². The number of aldehydes is 1. The zero-order chi connectivity index (χ0) is 25.3. The molecule has 1 fully saturated rings. The van der Waals surface area contributed by atoms with Gasteiger partial charge >= 0.3 is 6.18 Å². The van der Waals surface area contributed by atoms with E-state index >= 15 is 0 Å². The van der Waals surface area contributed by atoms with Crippen molar-refractivity contribution in [2.75, 3.05) is 31.6 Å². The Balaban J connectivity index is 1.74. The van der Waals surface area contributed by atoms with Gasteiger partial charge in [-0.25, -0.2) is 4.98 Å². The normalized spacial score (nSPS) is 14.3. The van der Waals surface area contributed by atoms with E-state index in [9.17, 15) is 27.6 Å². The quantitative estimate of drug-likeness (QED) is 0.498. The van der Waals surface area contributed by atoms with Crippen molar-refractivity contribution in [3.8, 4) is 0 Å². The average Bonchev–Trinajstić information content (AvgIpc) is 3.20. The molecule has 8 nitrogen and oxygen atoms in total. The Morgan fingerprint density at radius 2 is 1.86 bits per heavy atom. The molecule has 13 heteroatoms. The van der Waals surface area contributed by atoms with Crippen molar-refractivity contribution in [2.45, 2.75) is 12.7 Å². The lowest BCUT2D eigenvalue weighted by atomic mass is 10.1. The molecular weight excluding hydrogens is 512 g/mol. The third-order valence-electron chi connectivity index (χ3n) is 5.41. The van der Waals surface area contributed by atoms with Crippen molar-refractivity contribution in [2.24, 2.45) is 0 Å². The molecule has 1 aliphatic heterocycles.